The first-order chi connectivity index (χ1) is 10.6. The van der Waals surface area contributed by atoms with Gasteiger partial charge in [-0.15, -0.1) is 0 Å². The zero-order chi connectivity index (χ0) is 15.9. The van der Waals surface area contributed by atoms with Gasteiger partial charge in [0, 0.05) is 5.56 Å². The molecule has 2 rings (SSSR count). The number of nitrogens with one attached hydrogen (secondary N) is 1. The van der Waals surface area contributed by atoms with Gasteiger partial charge in [-0.05, 0) is 36.6 Å². The molecule has 0 spiro atoms. The maximum Gasteiger partial charge on any atom is 0.326 e. The van der Waals surface area contributed by atoms with Crippen LogP contribution in [0.1, 0.15) is 22.3 Å². The van der Waals surface area contributed by atoms with E-state index in [-0.39, 0.29) is 12.0 Å². The van der Waals surface area contributed by atoms with E-state index in [4.69, 9.17) is 0 Å². The molecule has 0 aliphatic rings. The number of carboxylic acids is 1. The van der Waals surface area contributed by atoms with Crippen LogP contribution in [0.25, 0.3) is 0 Å². The number of benzene rings is 2. The van der Waals surface area contributed by atoms with Crippen LogP contribution in [0.5, 0.6) is 0 Å². The van der Waals surface area contributed by atoms with E-state index in [9.17, 15) is 19.1 Å². The summed E-state index contributed by atoms with van der Waals surface area (Å²) in [6.45, 7) is 0. The Kier molecular flexibility index (Phi) is 5.25. The molecule has 0 bridgehead atoms. The number of carbonyl (C=O) groups is 2. The first-order valence-corrected chi connectivity index (χ1v) is 6.89. The lowest BCUT2D eigenvalue weighted by Gasteiger charge is -2.14. The van der Waals surface area contributed by atoms with Crippen molar-refractivity contribution in [2.45, 2.75) is 18.9 Å². The molecule has 5 heteroatoms. The maximum absolute atomic E-state index is 13.1. The van der Waals surface area contributed by atoms with E-state index in [1.165, 1.54) is 18.2 Å². The average Bonchev–Trinajstić information content (AvgIpc) is 2.52. The van der Waals surface area contributed by atoms with E-state index in [0.717, 1.165) is 11.6 Å². The largest absolute Gasteiger partial charge is 0.480 e. The molecule has 2 aromatic rings. The van der Waals surface area contributed by atoms with E-state index < -0.39 is 23.7 Å². The van der Waals surface area contributed by atoms with Crippen molar-refractivity contribution in [1.82, 2.24) is 5.32 Å². The summed E-state index contributed by atoms with van der Waals surface area (Å²) in [6.07, 6.45) is 0.793. The number of carbonyl (C=O) groups excluding carboxylic acids is 1. The topological polar surface area (TPSA) is 66.4 Å². The Hall–Kier alpha value is -2.69. The minimum Gasteiger partial charge on any atom is -0.480 e. The van der Waals surface area contributed by atoms with E-state index in [2.05, 4.69) is 5.32 Å². The highest BCUT2D eigenvalue weighted by Gasteiger charge is 2.20. The molecule has 0 aliphatic heterocycles. The number of hydrogen-bond donors (Lipinski definition) is 2. The Balaban J connectivity index is 1.99. The molecule has 0 unspecified atom stereocenters. The van der Waals surface area contributed by atoms with Crippen LogP contribution in [0.4, 0.5) is 4.39 Å². The molecule has 0 aromatic heterocycles. The summed E-state index contributed by atoms with van der Waals surface area (Å²) in [4.78, 5) is 23.2. The van der Waals surface area contributed by atoms with Crippen LogP contribution in [-0.2, 0) is 11.2 Å². The number of carboxylic acid groups (broad SMARTS) is 1. The standard InChI is InChI=1S/C17H16FNO3/c18-14-8-4-7-13(11-14)16(20)19-15(17(21)22)10-9-12-5-2-1-3-6-12/h1-8,11,15H,9-10H2,(H,19,20)(H,21,22)/t15-/m1/s1. The molecule has 4 nitrogen and oxygen atoms in total. The van der Waals surface area contributed by atoms with Crippen LogP contribution in [0, 0.1) is 5.82 Å². The third-order valence-corrected chi connectivity index (χ3v) is 3.25. The third-order valence-electron chi connectivity index (χ3n) is 3.25. The smallest absolute Gasteiger partial charge is 0.326 e. The number of aryl methyl sites for hydroxylation is 1. The van der Waals surface area contributed by atoms with Crippen molar-refractivity contribution in [2.75, 3.05) is 0 Å². The quantitative estimate of drug-likeness (QED) is 0.862. The first kappa shape index (κ1) is 15.7. The predicted molar refractivity (Wildman–Crippen MR) is 80.1 cm³/mol. The van der Waals surface area contributed by atoms with Gasteiger partial charge in [0.05, 0.1) is 0 Å². The minimum atomic E-state index is -1.11. The van der Waals surface area contributed by atoms with Crippen molar-refractivity contribution < 1.29 is 19.1 Å². The molecule has 2 N–H and O–H groups in total. The fourth-order valence-electron chi connectivity index (χ4n) is 2.08. The van der Waals surface area contributed by atoms with Gasteiger partial charge in [-0.25, -0.2) is 9.18 Å². The second-order valence-electron chi connectivity index (χ2n) is 4.90. The third kappa shape index (κ3) is 4.41. The summed E-state index contributed by atoms with van der Waals surface area (Å²) in [5.41, 5.74) is 1.10. The average molecular weight is 301 g/mol. The molecule has 0 saturated carbocycles. The van der Waals surface area contributed by atoms with Gasteiger partial charge in [0.2, 0.25) is 0 Å². The normalized spacial score (nSPS) is 11.7. The van der Waals surface area contributed by atoms with Crippen molar-refractivity contribution in [3.8, 4) is 0 Å². The molecule has 22 heavy (non-hydrogen) atoms. The van der Waals surface area contributed by atoms with Crippen molar-refractivity contribution in [3.05, 3.63) is 71.5 Å². The van der Waals surface area contributed by atoms with Gasteiger partial charge in [0.1, 0.15) is 11.9 Å². The molecule has 1 atom stereocenters. The van der Waals surface area contributed by atoms with Crippen molar-refractivity contribution in [2.24, 2.45) is 0 Å². The van der Waals surface area contributed by atoms with Gasteiger partial charge in [-0.3, -0.25) is 4.79 Å². The summed E-state index contributed by atoms with van der Waals surface area (Å²) >= 11 is 0. The molecular weight excluding hydrogens is 285 g/mol. The minimum absolute atomic E-state index is 0.103. The lowest BCUT2D eigenvalue weighted by Crippen LogP contribution is -2.41. The Bertz CT molecular complexity index is 658. The van der Waals surface area contributed by atoms with Gasteiger partial charge in [-0.1, -0.05) is 36.4 Å². The van der Waals surface area contributed by atoms with Crippen LogP contribution >= 0.6 is 0 Å². The second-order valence-corrected chi connectivity index (χ2v) is 4.90. The molecular formula is C17H16FNO3. The number of amides is 1. The fraction of sp³-hybridized carbons (Fsp3) is 0.176. The number of rotatable bonds is 6. The van der Waals surface area contributed by atoms with Gasteiger partial charge < -0.3 is 10.4 Å². The highest BCUT2D eigenvalue weighted by atomic mass is 19.1. The second kappa shape index (κ2) is 7.36. The van der Waals surface area contributed by atoms with Crippen LogP contribution in [0.15, 0.2) is 54.6 Å². The highest BCUT2D eigenvalue weighted by molar-refractivity contribution is 5.96. The van der Waals surface area contributed by atoms with E-state index >= 15 is 0 Å². The molecule has 0 radical (unpaired) electrons. The zero-order valence-electron chi connectivity index (χ0n) is 11.8. The Morgan fingerprint density at radius 2 is 1.82 bits per heavy atom. The Morgan fingerprint density at radius 3 is 2.45 bits per heavy atom. The monoisotopic (exact) mass is 301 g/mol. The Labute approximate surface area is 127 Å². The number of aliphatic carboxylic acids is 1. The Morgan fingerprint density at radius 1 is 1.09 bits per heavy atom. The van der Waals surface area contributed by atoms with Crippen LogP contribution < -0.4 is 5.32 Å². The lowest BCUT2D eigenvalue weighted by molar-refractivity contribution is -0.139. The van der Waals surface area contributed by atoms with Crippen LogP contribution in [-0.4, -0.2) is 23.0 Å². The van der Waals surface area contributed by atoms with Crippen LogP contribution in [0.3, 0.4) is 0 Å². The van der Waals surface area contributed by atoms with Crippen molar-refractivity contribution >= 4 is 11.9 Å². The summed E-state index contributed by atoms with van der Waals surface area (Å²) in [5, 5.41) is 11.6. The zero-order valence-corrected chi connectivity index (χ0v) is 11.8. The van der Waals surface area contributed by atoms with Gasteiger partial charge in [-0.2, -0.15) is 0 Å². The van der Waals surface area contributed by atoms with Gasteiger partial charge in [0.25, 0.3) is 5.91 Å². The molecule has 1 amide bonds. The molecule has 0 aliphatic carbocycles. The summed E-state index contributed by atoms with van der Waals surface area (Å²) in [5.74, 6) is -2.25. The number of halogens is 1. The maximum atomic E-state index is 13.1. The van der Waals surface area contributed by atoms with E-state index in [0.29, 0.717) is 6.42 Å². The molecule has 0 heterocycles. The van der Waals surface area contributed by atoms with E-state index in [1.54, 1.807) is 0 Å². The summed E-state index contributed by atoms with van der Waals surface area (Å²) in [7, 11) is 0. The molecule has 0 fully saturated rings. The number of hydrogen-bond acceptors (Lipinski definition) is 2. The summed E-state index contributed by atoms with van der Waals surface area (Å²) < 4.78 is 13.1. The van der Waals surface area contributed by atoms with Gasteiger partial charge in [0.15, 0.2) is 0 Å². The van der Waals surface area contributed by atoms with Crippen molar-refractivity contribution in [3.63, 3.8) is 0 Å². The fourth-order valence-corrected chi connectivity index (χ4v) is 2.08. The van der Waals surface area contributed by atoms with Gasteiger partial charge >= 0.3 is 5.97 Å². The summed E-state index contributed by atoms with van der Waals surface area (Å²) in [6, 6.07) is 13.5. The first-order valence-electron chi connectivity index (χ1n) is 6.89. The molecule has 2 aromatic carbocycles. The SMILES string of the molecule is O=C(N[C@H](CCc1ccccc1)C(=O)O)c1cccc(F)c1. The lowest BCUT2D eigenvalue weighted by atomic mass is 10.0. The predicted octanol–water partition coefficient (Wildman–Crippen LogP) is 2.64. The van der Waals surface area contributed by atoms with E-state index in [1.807, 2.05) is 30.3 Å². The van der Waals surface area contributed by atoms with Crippen molar-refractivity contribution in [1.29, 1.82) is 0 Å². The van der Waals surface area contributed by atoms with Crippen LogP contribution in [0.2, 0.25) is 0 Å². The highest BCUT2D eigenvalue weighted by Crippen LogP contribution is 2.08. The molecule has 0 saturated heterocycles. The molecule has 114 valence electrons.